The van der Waals surface area contributed by atoms with Crippen molar-refractivity contribution >= 4 is 11.6 Å². The van der Waals surface area contributed by atoms with Gasteiger partial charge in [-0.2, -0.15) is 0 Å². The van der Waals surface area contributed by atoms with Gasteiger partial charge in [-0.05, 0) is 25.1 Å². The maximum atomic E-state index is 13.7. The van der Waals surface area contributed by atoms with Gasteiger partial charge in [0, 0.05) is 35.0 Å². The average molecular weight is 266 g/mol. The molecule has 0 aliphatic heterocycles. The van der Waals surface area contributed by atoms with Crippen molar-refractivity contribution in [3.05, 3.63) is 64.7 Å². The predicted octanol–water partition coefficient (Wildman–Crippen LogP) is 3.32. The summed E-state index contributed by atoms with van der Waals surface area (Å²) in [5.74, 6) is -0.410. The molecule has 1 atom stereocenters. The highest BCUT2D eigenvalue weighted by atomic mass is 35.5. The summed E-state index contributed by atoms with van der Waals surface area (Å²) in [6.07, 6.45) is 3.29. The molecular formula is C14H13ClFNO. The number of pyridine rings is 1. The van der Waals surface area contributed by atoms with Crippen LogP contribution in [0.3, 0.4) is 0 Å². The van der Waals surface area contributed by atoms with Gasteiger partial charge >= 0.3 is 0 Å². The highest BCUT2D eigenvalue weighted by Crippen LogP contribution is 2.29. The molecule has 0 saturated carbocycles. The summed E-state index contributed by atoms with van der Waals surface area (Å²) in [4.78, 5) is 3.95. The minimum atomic E-state index is -1.21. The van der Waals surface area contributed by atoms with Crippen molar-refractivity contribution in [3.63, 3.8) is 0 Å². The summed E-state index contributed by atoms with van der Waals surface area (Å²) in [6.45, 7) is 1.62. The van der Waals surface area contributed by atoms with Crippen LogP contribution in [0.2, 0.25) is 5.02 Å². The highest BCUT2D eigenvalue weighted by Gasteiger charge is 2.26. The van der Waals surface area contributed by atoms with Crippen molar-refractivity contribution in [2.75, 3.05) is 0 Å². The molecule has 2 rings (SSSR count). The minimum Gasteiger partial charge on any atom is -0.385 e. The molecule has 94 valence electrons. The van der Waals surface area contributed by atoms with Crippen LogP contribution in [-0.2, 0) is 12.0 Å². The lowest BCUT2D eigenvalue weighted by Crippen LogP contribution is -2.25. The maximum absolute atomic E-state index is 13.7. The van der Waals surface area contributed by atoms with Crippen LogP contribution in [0.25, 0.3) is 0 Å². The number of rotatable bonds is 3. The van der Waals surface area contributed by atoms with Crippen LogP contribution >= 0.6 is 11.6 Å². The molecule has 0 fully saturated rings. The summed E-state index contributed by atoms with van der Waals surface area (Å²) in [5, 5.41) is 10.7. The Bertz CT molecular complexity index is 522. The molecule has 2 aromatic rings. The third-order valence-electron chi connectivity index (χ3n) is 2.87. The standard InChI is InChI=1S/C14H13ClFNO/c1-14(18,10-4-3-7-17-9-10)8-11-12(15)5-2-6-13(11)16/h2-7,9,18H,8H2,1H3. The van der Waals surface area contributed by atoms with Gasteiger partial charge in [-0.3, -0.25) is 4.98 Å². The number of aromatic nitrogens is 1. The molecule has 18 heavy (non-hydrogen) atoms. The van der Waals surface area contributed by atoms with E-state index >= 15 is 0 Å². The van der Waals surface area contributed by atoms with Crippen molar-refractivity contribution in [3.8, 4) is 0 Å². The van der Waals surface area contributed by atoms with E-state index in [1.807, 2.05) is 0 Å². The van der Waals surface area contributed by atoms with Gasteiger partial charge in [0.1, 0.15) is 5.82 Å². The van der Waals surface area contributed by atoms with E-state index in [0.717, 1.165) is 0 Å². The van der Waals surface area contributed by atoms with E-state index in [4.69, 9.17) is 11.6 Å². The van der Waals surface area contributed by atoms with E-state index in [2.05, 4.69) is 4.98 Å². The lowest BCUT2D eigenvalue weighted by molar-refractivity contribution is 0.0563. The topological polar surface area (TPSA) is 33.1 Å². The molecule has 0 saturated heterocycles. The molecule has 1 N–H and O–H groups in total. The van der Waals surface area contributed by atoms with Gasteiger partial charge < -0.3 is 5.11 Å². The molecule has 0 aliphatic rings. The van der Waals surface area contributed by atoms with Crippen molar-refractivity contribution in [2.45, 2.75) is 18.9 Å². The molecule has 0 radical (unpaired) electrons. The SMILES string of the molecule is CC(O)(Cc1c(F)cccc1Cl)c1cccnc1. The van der Waals surface area contributed by atoms with Gasteiger partial charge in [-0.1, -0.05) is 23.7 Å². The van der Waals surface area contributed by atoms with Gasteiger partial charge in [0.2, 0.25) is 0 Å². The summed E-state index contributed by atoms with van der Waals surface area (Å²) in [6, 6.07) is 7.97. The highest BCUT2D eigenvalue weighted by molar-refractivity contribution is 6.31. The Kier molecular flexibility index (Phi) is 3.64. The zero-order valence-corrected chi connectivity index (χ0v) is 10.7. The second-order valence-corrected chi connectivity index (χ2v) is 4.80. The van der Waals surface area contributed by atoms with Crippen LogP contribution in [0.4, 0.5) is 4.39 Å². The van der Waals surface area contributed by atoms with Crippen LogP contribution in [0.15, 0.2) is 42.7 Å². The first-order valence-electron chi connectivity index (χ1n) is 5.56. The lowest BCUT2D eigenvalue weighted by atomic mass is 9.90. The number of benzene rings is 1. The van der Waals surface area contributed by atoms with E-state index in [1.165, 1.54) is 6.07 Å². The monoisotopic (exact) mass is 265 g/mol. The Balaban J connectivity index is 2.34. The van der Waals surface area contributed by atoms with Crippen molar-refractivity contribution < 1.29 is 9.50 Å². The molecular weight excluding hydrogens is 253 g/mol. The third-order valence-corrected chi connectivity index (χ3v) is 3.22. The fraction of sp³-hybridized carbons (Fsp3) is 0.214. The second-order valence-electron chi connectivity index (χ2n) is 4.39. The maximum Gasteiger partial charge on any atom is 0.128 e. The van der Waals surface area contributed by atoms with Crippen LogP contribution in [0, 0.1) is 5.82 Å². The van der Waals surface area contributed by atoms with Crippen molar-refractivity contribution in [2.24, 2.45) is 0 Å². The molecule has 0 amide bonds. The van der Waals surface area contributed by atoms with Crippen molar-refractivity contribution in [1.82, 2.24) is 4.98 Å². The number of halogens is 2. The second kappa shape index (κ2) is 5.04. The summed E-state index contributed by atoms with van der Waals surface area (Å²) in [5.41, 5.74) is -0.266. The van der Waals surface area contributed by atoms with Gasteiger partial charge in [0.05, 0.1) is 5.60 Å². The Morgan fingerprint density at radius 1 is 1.33 bits per heavy atom. The van der Waals surface area contributed by atoms with Gasteiger partial charge in [-0.15, -0.1) is 0 Å². The summed E-state index contributed by atoms with van der Waals surface area (Å²) >= 11 is 5.96. The first-order chi connectivity index (χ1) is 8.50. The van der Waals surface area contributed by atoms with E-state index in [9.17, 15) is 9.50 Å². The summed E-state index contributed by atoms with van der Waals surface area (Å²) < 4.78 is 13.7. The van der Waals surface area contributed by atoms with E-state index in [0.29, 0.717) is 16.1 Å². The van der Waals surface area contributed by atoms with Crippen LogP contribution in [0.1, 0.15) is 18.1 Å². The molecule has 1 heterocycles. The number of aliphatic hydroxyl groups is 1. The van der Waals surface area contributed by atoms with E-state index in [1.54, 1.807) is 43.6 Å². The number of hydrogen-bond donors (Lipinski definition) is 1. The van der Waals surface area contributed by atoms with E-state index in [-0.39, 0.29) is 6.42 Å². The third kappa shape index (κ3) is 2.68. The minimum absolute atomic E-state index is 0.101. The quantitative estimate of drug-likeness (QED) is 0.923. The van der Waals surface area contributed by atoms with Crippen LogP contribution in [-0.4, -0.2) is 10.1 Å². The molecule has 4 heteroatoms. The van der Waals surface area contributed by atoms with Gasteiger partial charge in [0.25, 0.3) is 0 Å². The lowest BCUT2D eigenvalue weighted by Gasteiger charge is -2.24. The Morgan fingerprint density at radius 3 is 2.72 bits per heavy atom. The normalized spacial score (nSPS) is 14.2. The van der Waals surface area contributed by atoms with Crippen molar-refractivity contribution in [1.29, 1.82) is 0 Å². The Hall–Kier alpha value is -1.45. The fourth-order valence-corrected chi connectivity index (χ4v) is 2.06. The number of nitrogens with zero attached hydrogens (tertiary/aromatic N) is 1. The molecule has 2 nitrogen and oxygen atoms in total. The fourth-order valence-electron chi connectivity index (χ4n) is 1.83. The van der Waals surface area contributed by atoms with Gasteiger partial charge in [0.15, 0.2) is 0 Å². The molecule has 0 bridgehead atoms. The molecule has 1 aromatic heterocycles. The Morgan fingerprint density at radius 2 is 2.11 bits per heavy atom. The molecule has 1 aromatic carbocycles. The zero-order chi connectivity index (χ0) is 13.2. The molecule has 0 spiro atoms. The Labute approximate surface area is 110 Å². The zero-order valence-electron chi connectivity index (χ0n) is 9.90. The molecule has 0 aliphatic carbocycles. The molecule has 1 unspecified atom stereocenters. The van der Waals surface area contributed by atoms with Crippen LogP contribution < -0.4 is 0 Å². The first kappa shape index (κ1) is 13.0. The average Bonchev–Trinajstić information content (AvgIpc) is 2.35. The number of hydrogen-bond acceptors (Lipinski definition) is 2. The van der Waals surface area contributed by atoms with Gasteiger partial charge in [-0.25, -0.2) is 4.39 Å². The summed E-state index contributed by atoms with van der Waals surface area (Å²) in [7, 11) is 0. The van der Waals surface area contributed by atoms with E-state index < -0.39 is 11.4 Å². The predicted molar refractivity (Wildman–Crippen MR) is 68.9 cm³/mol. The smallest absolute Gasteiger partial charge is 0.128 e. The van der Waals surface area contributed by atoms with Crippen LogP contribution in [0.5, 0.6) is 0 Å². The largest absolute Gasteiger partial charge is 0.385 e. The first-order valence-corrected chi connectivity index (χ1v) is 5.94.